The normalized spacial score (nSPS) is 16.6. The zero-order valence-corrected chi connectivity index (χ0v) is 12.5. The van der Waals surface area contributed by atoms with Gasteiger partial charge in [-0.3, -0.25) is 4.79 Å². The van der Waals surface area contributed by atoms with Crippen molar-refractivity contribution < 1.29 is 14.3 Å². The maximum Gasteiger partial charge on any atom is 0.228 e. The molecular weight excluding hydrogens is 312 g/mol. The molecule has 1 aromatic rings. The van der Waals surface area contributed by atoms with Crippen LogP contribution in [0.3, 0.4) is 0 Å². The first-order valence-electron chi connectivity index (χ1n) is 6.14. The van der Waals surface area contributed by atoms with Crippen LogP contribution in [0.4, 0.5) is 5.69 Å². The number of hydrogen-bond donors (Lipinski definition) is 2. The van der Waals surface area contributed by atoms with Crippen LogP contribution in [0.15, 0.2) is 16.6 Å². The van der Waals surface area contributed by atoms with E-state index in [9.17, 15) is 4.79 Å². The fourth-order valence-corrected chi connectivity index (χ4v) is 2.07. The van der Waals surface area contributed by atoms with E-state index < -0.39 is 0 Å². The number of carbonyl (C=O) groups is 1. The number of hydrogen-bond acceptors (Lipinski definition) is 4. The minimum Gasteiger partial charge on any atom is -0.486 e. The number of ether oxygens (including phenoxy) is 2. The quantitative estimate of drug-likeness (QED) is 0.891. The molecule has 1 aliphatic rings. The maximum atomic E-state index is 12.0. The largest absolute Gasteiger partial charge is 0.486 e. The molecule has 19 heavy (non-hydrogen) atoms. The monoisotopic (exact) mass is 328 g/mol. The average molecular weight is 329 g/mol. The molecule has 0 radical (unpaired) electrons. The lowest BCUT2D eigenvalue weighted by Gasteiger charge is -2.21. The van der Waals surface area contributed by atoms with Crippen molar-refractivity contribution in [1.29, 1.82) is 0 Å². The summed E-state index contributed by atoms with van der Waals surface area (Å²) in [5.41, 5.74) is 6.38. The molecule has 0 saturated heterocycles. The summed E-state index contributed by atoms with van der Waals surface area (Å²) in [4.78, 5) is 12.0. The van der Waals surface area contributed by atoms with E-state index in [-0.39, 0.29) is 17.9 Å². The first-order valence-corrected chi connectivity index (χ1v) is 6.94. The Morgan fingerprint density at radius 2 is 1.89 bits per heavy atom. The topological polar surface area (TPSA) is 73.6 Å². The second-order valence-electron chi connectivity index (χ2n) is 4.61. The van der Waals surface area contributed by atoms with Gasteiger partial charge < -0.3 is 20.5 Å². The van der Waals surface area contributed by atoms with Crippen LogP contribution in [0.2, 0.25) is 0 Å². The van der Waals surface area contributed by atoms with Gasteiger partial charge in [0.25, 0.3) is 0 Å². The molecule has 1 amide bonds. The lowest BCUT2D eigenvalue weighted by atomic mass is 10.0. The van der Waals surface area contributed by atoms with Crippen LogP contribution in [0, 0.1) is 5.92 Å². The Bertz CT molecular complexity index is 491. The Morgan fingerprint density at radius 3 is 2.47 bits per heavy atom. The summed E-state index contributed by atoms with van der Waals surface area (Å²) in [7, 11) is 0. The summed E-state index contributed by atoms with van der Waals surface area (Å²) in [6.45, 7) is 4.65. The Labute approximate surface area is 120 Å². The molecule has 104 valence electrons. The SMILES string of the molecule is CC(N)C(C)C(=O)Nc1cc2c(cc1Br)OCCO2. The Kier molecular flexibility index (Phi) is 4.31. The average Bonchev–Trinajstić information content (AvgIpc) is 2.38. The Morgan fingerprint density at radius 1 is 1.32 bits per heavy atom. The molecule has 1 aromatic carbocycles. The predicted octanol–water partition coefficient (Wildman–Crippen LogP) is 2.14. The van der Waals surface area contributed by atoms with Crippen molar-refractivity contribution in [3.8, 4) is 11.5 Å². The van der Waals surface area contributed by atoms with Gasteiger partial charge in [0.05, 0.1) is 11.6 Å². The molecule has 0 spiro atoms. The molecule has 0 fully saturated rings. The minimum absolute atomic E-state index is 0.118. The Hall–Kier alpha value is -1.27. The van der Waals surface area contributed by atoms with Crippen molar-refractivity contribution in [2.24, 2.45) is 11.7 Å². The third kappa shape index (κ3) is 3.19. The summed E-state index contributed by atoms with van der Waals surface area (Å²) in [6, 6.07) is 3.35. The van der Waals surface area contributed by atoms with E-state index in [1.54, 1.807) is 19.1 Å². The first-order chi connectivity index (χ1) is 8.99. The van der Waals surface area contributed by atoms with Crippen molar-refractivity contribution in [2.45, 2.75) is 19.9 Å². The zero-order chi connectivity index (χ0) is 14.0. The molecule has 2 unspecified atom stereocenters. The summed E-state index contributed by atoms with van der Waals surface area (Å²) in [6.07, 6.45) is 0. The van der Waals surface area contributed by atoms with Crippen molar-refractivity contribution in [2.75, 3.05) is 18.5 Å². The summed E-state index contributed by atoms with van der Waals surface area (Å²) in [5.74, 6) is 0.932. The van der Waals surface area contributed by atoms with Crippen LogP contribution in [0.5, 0.6) is 11.5 Å². The molecule has 2 atom stereocenters. The molecule has 1 heterocycles. The van der Waals surface area contributed by atoms with E-state index in [0.717, 1.165) is 4.47 Å². The molecule has 1 aliphatic heterocycles. The van der Waals surface area contributed by atoms with E-state index in [1.165, 1.54) is 0 Å². The van der Waals surface area contributed by atoms with Gasteiger partial charge in [0, 0.05) is 22.6 Å². The van der Waals surface area contributed by atoms with Crippen molar-refractivity contribution in [3.05, 3.63) is 16.6 Å². The van der Waals surface area contributed by atoms with Gasteiger partial charge in [0.2, 0.25) is 5.91 Å². The fourth-order valence-electron chi connectivity index (χ4n) is 1.65. The second kappa shape index (κ2) is 5.79. The number of benzene rings is 1. The van der Waals surface area contributed by atoms with Gasteiger partial charge in [0.1, 0.15) is 13.2 Å². The van der Waals surface area contributed by atoms with Gasteiger partial charge in [0.15, 0.2) is 11.5 Å². The van der Waals surface area contributed by atoms with Crippen molar-refractivity contribution in [3.63, 3.8) is 0 Å². The number of fused-ring (bicyclic) bond motifs is 1. The number of rotatable bonds is 3. The smallest absolute Gasteiger partial charge is 0.228 e. The van der Waals surface area contributed by atoms with E-state index in [2.05, 4.69) is 21.2 Å². The number of halogens is 1. The lowest BCUT2D eigenvalue weighted by molar-refractivity contribution is -0.119. The first kappa shape index (κ1) is 14.1. The molecule has 3 N–H and O–H groups in total. The molecule has 0 aliphatic carbocycles. The van der Waals surface area contributed by atoms with Crippen LogP contribution in [0.25, 0.3) is 0 Å². The van der Waals surface area contributed by atoms with E-state index in [4.69, 9.17) is 15.2 Å². The standard InChI is InChI=1S/C13H17BrN2O3/c1-7(8(2)15)13(17)16-10-6-12-11(5-9(10)14)18-3-4-19-12/h5-8H,3-4,15H2,1-2H3,(H,16,17). The summed E-state index contributed by atoms with van der Waals surface area (Å²) < 4.78 is 11.7. The molecule has 0 saturated carbocycles. The van der Waals surface area contributed by atoms with Gasteiger partial charge in [-0.15, -0.1) is 0 Å². The molecule has 0 aromatic heterocycles. The molecule has 6 heteroatoms. The highest BCUT2D eigenvalue weighted by Gasteiger charge is 2.20. The van der Waals surface area contributed by atoms with Crippen LogP contribution < -0.4 is 20.5 Å². The highest BCUT2D eigenvalue weighted by Crippen LogP contribution is 2.38. The highest BCUT2D eigenvalue weighted by molar-refractivity contribution is 9.10. The number of carbonyl (C=O) groups excluding carboxylic acids is 1. The van der Waals surface area contributed by atoms with Crippen LogP contribution in [-0.4, -0.2) is 25.2 Å². The predicted molar refractivity (Wildman–Crippen MR) is 76.6 cm³/mol. The van der Waals surface area contributed by atoms with Gasteiger partial charge in [-0.05, 0) is 22.9 Å². The summed E-state index contributed by atoms with van der Waals surface area (Å²) in [5, 5.41) is 2.84. The number of nitrogens with one attached hydrogen (secondary N) is 1. The zero-order valence-electron chi connectivity index (χ0n) is 10.9. The fraction of sp³-hybridized carbons (Fsp3) is 0.462. The highest BCUT2D eigenvalue weighted by atomic mass is 79.9. The van der Waals surface area contributed by atoms with Gasteiger partial charge in [-0.1, -0.05) is 6.92 Å². The van der Waals surface area contributed by atoms with Crippen LogP contribution in [-0.2, 0) is 4.79 Å². The van der Waals surface area contributed by atoms with Gasteiger partial charge in [-0.25, -0.2) is 0 Å². The number of nitrogens with two attached hydrogens (primary N) is 1. The molecule has 2 rings (SSSR count). The lowest BCUT2D eigenvalue weighted by Crippen LogP contribution is -2.34. The summed E-state index contributed by atoms with van der Waals surface area (Å²) >= 11 is 3.41. The molecular formula is C13H17BrN2O3. The van der Waals surface area contributed by atoms with Crippen LogP contribution >= 0.6 is 15.9 Å². The molecule has 5 nitrogen and oxygen atoms in total. The third-order valence-corrected chi connectivity index (χ3v) is 3.75. The number of anilines is 1. The molecule has 0 bridgehead atoms. The van der Waals surface area contributed by atoms with Crippen molar-refractivity contribution in [1.82, 2.24) is 0 Å². The van der Waals surface area contributed by atoms with E-state index in [1.807, 2.05) is 6.92 Å². The van der Waals surface area contributed by atoms with E-state index in [0.29, 0.717) is 30.4 Å². The Balaban J connectivity index is 2.19. The number of amides is 1. The van der Waals surface area contributed by atoms with E-state index >= 15 is 0 Å². The van der Waals surface area contributed by atoms with Crippen molar-refractivity contribution >= 4 is 27.5 Å². The van der Waals surface area contributed by atoms with Gasteiger partial charge in [-0.2, -0.15) is 0 Å². The minimum atomic E-state index is -0.264. The second-order valence-corrected chi connectivity index (χ2v) is 5.47. The van der Waals surface area contributed by atoms with Gasteiger partial charge >= 0.3 is 0 Å². The maximum absolute atomic E-state index is 12.0. The third-order valence-electron chi connectivity index (χ3n) is 3.09. The van der Waals surface area contributed by atoms with Crippen LogP contribution in [0.1, 0.15) is 13.8 Å².